The molecular formula is C19H24N4O4. The lowest BCUT2D eigenvalue weighted by molar-refractivity contribution is -0.137. The number of rotatable bonds is 10. The van der Waals surface area contributed by atoms with Gasteiger partial charge >= 0.3 is 0 Å². The zero-order chi connectivity index (χ0) is 19.6. The fourth-order valence-electron chi connectivity index (χ4n) is 2.70. The smallest absolute Gasteiger partial charge is 0.253 e. The molecule has 1 heterocycles. The third-order valence-electron chi connectivity index (χ3n) is 4.09. The number of benzene rings is 1. The second kappa shape index (κ2) is 10.2. The Balaban J connectivity index is 1.88. The molecule has 1 aliphatic rings. The molecule has 8 nitrogen and oxygen atoms in total. The van der Waals surface area contributed by atoms with Crippen molar-refractivity contribution in [2.24, 2.45) is 0 Å². The van der Waals surface area contributed by atoms with E-state index in [9.17, 15) is 19.2 Å². The molecule has 8 heteroatoms. The van der Waals surface area contributed by atoms with Crippen molar-refractivity contribution in [3.8, 4) is 0 Å². The maximum Gasteiger partial charge on any atom is 0.253 e. The highest BCUT2D eigenvalue weighted by atomic mass is 16.2. The molecule has 4 amide bonds. The van der Waals surface area contributed by atoms with Gasteiger partial charge in [-0.1, -0.05) is 30.3 Å². The highest BCUT2D eigenvalue weighted by molar-refractivity contribution is 6.12. The van der Waals surface area contributed by atoms with E-state index in [0.29, 0.717) is 12.8 Å². The fraction of sp³-hybridized carbons (Fsp3) is 0.368. The van der Waals surface area contributed by atoms with E-state index < -0.39 is 17.9 Å². The summed E-state index contributed by atoms with van der Waals surface area (Å²) in [6.45, 7) is 0.325. The minimum atomic E-state index is -0.700. The Bertz CT molecular complexity index is 700. The van der Waals surface area contributed by atoms with Gasteiger partial charge in [-0.3, -0.25) is 24.1 Å². The van der Waals surface area contributed by atoms with E-state index in [0.717, 1.165) is 10.5 Å². The van der Waals surface area contributed by atoms with Crippen LogP contribution in [0.15, 0.2) is 42.5 Å². The van der Waals surface area contributed by atoms with Crippen LogP contribution in [0.3, 0.4) is 0 Å². The van der Waals surface area contributed by atoms with Crippen molar-refractivity contribution in [2.45, 2.75) is 18.9 Å². The van der Waals surface area contributed by atoms with Gasteiger partial charge in [-0.15, -0.1) is 0 Å². The Hall–Kier alpha value is -3.00. The number of nitrogens with one attached hydrogen (secondary N) is 3. The van der Waals surface area contributed by atoms with Crippen molar-refractivity contribution in [2.75, 3.05) is 26.7 Å². The highest BCUT2D eigenvalue weighted by Crippen LogP contribution is 2.06. The lowest BCUT2D eigenvalue weighted by atomic mass is 10.0. The molecule has 144 valence electrons. The maximum absolute atomic E-state index is 12.5. The quantitative estimate of drug-likeness (QED) is 0.474. The van der Waals surface area contributed by atoms with Crippen molar-refractivity contribution in [1.29, 1.82) is 0 Å². The minimum absolute atomic E-state index is 0.0896. The molecule has 2 rings (SSSR count). The summed E-state index contributed by atoms with van der Waals surface area (Å²) < 4.78 is 0. The van der Waals surface area contributed by atoms with Gasteiger partial charge in [0.1, 0.15) is 6.04 Å². The number of carbonyl (C=O) groups excluding carboxylic acids is 4. The predicted octanol–water partition coefficient (Wildman–Crippen LogP) is -0.635. The summed E-state index contributed by atoms with van der Waals surface area (Å²) in [5.41, 5.74) is 1.07. The molecule has 1 aromatic carbocycles. The molecule has 1 aliphatic heterocycles. The number of hydrogen-bond acceptors (Lipinski definition) is 5. The lowest BCUT2D eigenvalue weighted by Gasteiger charge is -2.20. The van der Waals surface area contributed by atoms with Gasteiger partial charge in [0.2, 0.25) is 11.8 Å². The van der Waals surface area contributed by atoms with E-state index >= 15 is 0 Å². The molecule has 0 fully saturated rings. The molecule has 0 aliphatic carbocycles. The van der Waals surface area contributed by atoms with Gasteiger partial charge in [-0.25, -0.2) is 0 Å². The number of aryl methyl sites for hydroxylation is 1. The molecular weight excluding hydrogens is 348 g/mol. The molecule has 3 N–H and O–H groups in total. The molecule has 0 radical (unpaired) electrons. The fourth-order valence-corrected chi connectivity index (χ4v) is 2.70. The maximum atomic E-state index is 12.5. The van der Waals surface area contributed by atoms with E-state index in [-0.39, 0.29) is 31.4 Å². The van der Waals surface area contributed by atoms with Crippen molar-refractivity contribution in [3.63, 3.8) is 0 Å². The molecule has 0 saturated heterocycles. The van der Waals surface area contributed by atoms with Crippen LogP contribution in [0.1, 0.15) is 12.0 Å². The van der Waals surface area contributed by atoms with Crippen LogP contribution in [0.4, 0.5) is 0 Å². The van der Waals surface area contributed by atoms with E-state index in [1.54, 1.807) is 7.05 Å². The molecule has 0 spiro atoms. The van der Waals surface area contributed by atoms with Crippen LogP contribution in [0.2, 0.25) is 0 Å². The van der Waals surface area contributed by atoms with Gasteiger partial charge in [0, 0.05) is 25.2 Å². The predicted molar refractivity (Wildman–Crippen MR) is 99.5 cm³/mol. The molecule has 0 saturated carbocycles. The normalized spacial score (nSPS) is 14.3. The van der Waals surface area contributed by atoms with Crippen molar-refractivity contribution in [3.05, 3.63) is 48.0 Å². The summed E-state index contributed by atoms with van der Waals surface area (Å²) in [5, 5.41) is 8.14. The number of imide groups is 1. The van der Waals surface area contributed by atoms with Crippen LogP contribution in [-0.4, -0.2) is 61.3 Å². The Morgan fingerprint density at radius 3 is 2.37 bits per heavy atom. The molecule has 0 unspecified atom stereocenters. The number of nitrogens with zero attached hydrogens (tertiary/aromatic N) is 1. The Labute approximate surface area is 158 Å². The number of likely N-dealkylation sites (N-methyl/N-ethyl adjacent to an activating group) is 1. The summed E-state index contributed by atoms with van der Waals surface area (Å²) in [5.74, 6) is -1.41. The average molecular weight is 372 g/mol. The first kappa shape index (κ1) is 20.3. The van der Waals surface area contributed by atoms with E-state index in [4.69, 9.17) is 0 Å². The first-order valence-corrected chi connectivity index (χ1v) is 8.80. The number of amides is 4. The monoisotopic (exact) mass is 372 g/mol. The van der Waals surface area contributed by atoms with Crippen LogP contribution in [0.5, 0.6) is 0 Å². The van der Waals surface area contributed by atoms with Gasteiger partial charge in [0.05, 0.1) is 6.54 Å². The average Bonchev–Trinajstić information content (AvgIpc) is 2.98. The topological polar surface area (TPSA) is 108 Å². The summed E-state index contributed by atoms with van der Waals surface area (Å²) in [6.07, 6.45) is 3.47. The SMILES string of the molecule is CNCC(=O)N[C@@H](CCc1ccccc1)C(=O)NCCN1C(=O)C=CC1=O. The van der Waals surface area contributed by atoms with Gasteiger partial charge in [0.15, 0.2) is 0 Å². The minimum Gasteiger partial charge on any atom is -0.353 e. The third-order valence-corrected chi connectivity index (χ3v) is 4.09. The van der Waals surface area contributed by atoms with Crippen molar-refractivity contribution < 1.29 is 19.2 Å². The zero-order valence-electron chi connectivity index (χ0n) is 15.2. The standard InChI is InChI=1S/C19H24N4O4/c1-20-13-16(24)22-15(8-7-14-5-3-2-4-6-14)19(27)21-11-12-23-17(25)9-10-18(23)26/h2-6,9-10,15,20H,7-8,11-13H2,1H3,(H,21,27)(H,22,24)/t15-/m0/s1. The first-order chi connectivity index (χ1) is 13.0. The third kappa shape index (κ3) is 6.34. The van der Waals surface area contributed by atoms with Crippen molar-refractivity contribution in [1.82, 2.24) is 20.9 Å². The van der Waals surface area contributed by atoms with Crippen molar-refractivity contribution >= 4 is 23.6 Å². The van der Waals surface area contributed by atoms with E-state index in [1.807, 2.05) is 30.3 Å². The first-order valence-electron chi connectivity index (χ1n) is 8.80. The van der Waals surface area contributed by atoms with Crippen LogP contribution in [0.25, 0.3) is 0 Å². The van der Waals surface area contributed by atoms with E-state index in [1.165, 1.54) is 12.2 Å². The van der Waals surface area contributed by atoms with E-state index in [2.05, 4.69) is 16.0 Å². The summed E-state index contributed by atoms with van der Waals surface area (Å²) in [7, 11) is 1.65. The summed E-state index contributed by atoms with van der Waals surface area (Å²) >= 11 is 0. The molecule has 1 atom stereocenters. The van der Waals surface area contributed by atoms with Crippen LogP contribution in [0, 0.1) is 0 Å². The second-order valence-corrected chi connectivity index (χ2v) is 6.13. The molecule has 27 heavy (non-hydrogen) atoms. The Kier molecular flexibility index (Phi) is 7.69. The molecule has 0 bridgehead atoms. The van der Waals surface area contributed by atoms with Gasteiger partial charge in [-0.2, -0.15) is 0 Å². The zero-order valence-corrected chi connectivity index (χ0v) is 15.2. The number of hydrogen-bond donors (Lipinski definition) is 3. The molecule has 0 aromatic heterocycles. The van der Waals surface area contributed by atoms with Crippen LogP contribution in [-0.2, 0) is 25.6 Å². The summed E-state index contributed by atoms with van der Waals surface area (Å²) in [4.78, 5) is 48.4. The Morgan fingerprint density at radius 1 is 1.07 bits per heavy atom. The van der Waals surface area contributed by atoms with Gasteiger partial charge in [-0.05, 0) is 25.5 Å². The Morgan fingerprint density at radius 2 is 1.74 bits per heavy atom. The van der Waals surface area contributed by atoms with Gasteiger partial charge in [0.25, 0.3) is 11.8 Å². The summed E-state index contributed by atoms with van der Waals surface area (Å²) in [6, 6.07) is 8.97. The second-order valence-electron chi connectivity index (χ2n) is 6.13. The van der Waals surface area contributed by atoms with Crippen LogP contribution >= 0.6 is 0 Å². The van der Waals surface area contributed by atoms with Gasteiger partial charge < -0.3 is 16.0 Å². The lowest BCUT2D eigenvalue weighted by Crippen LogP contribution is -2.50. The number of carbonyl (C=O) groups is 4. The molecule has 1 aromatic rings. The van der Waals surface area contributed by atoms with Crippen LogP contribution < -0.4 is 16.0 Å². The highest BCUT2D eigenvalue weighted by Gasteiger charge is 2.24. The largest absolute Gasteiger partial charge is 0.353 e.